The summed E-state index contributed by atoms with van der Waals surface area (Å²) in [7, 11) is 0. The first kappa shape index (κ1) is 22.5. The number of pyridine rings is 2. The monoisotopic (exact) mass is 471 g/mol. The summed E-state index contributed by atoms with van der Waals surface area (Å²) < 4.78 is 49.6. The van der Waals surface area contributed by atoms with Gasteiger partial charge in [-0.2, -0.15) is 13.2 Å². The predicted molar refractivity (Wildman–Crippen MR) is 120 cm³/mol. The fourth-order valence-corrected chi connectivity index (χ4v) is 4.45. The Morgan fingerprint density at radius 3 is 2.62 bits per heavy atom. The van der Waals surface area contributed by atoms with Gasteiger partial charge in [-0.15, -0.1) is 10.2 Å². The minimum atomic E-state index is -4.50. The number of aliphatic hydroxyl groups is 1. The molecule has 0 spiro atoms. The van der Waals surface area contributed by atoms with E-state index in [1.54, 1.807) is 6.07 Å². The summed E-state index contributed by atoms with van der Waals surface area (Å²) in [6.07, 6.45) is -3.58. The van der Waals surface area contributed by atoms with Crippen LogP contribution in [0.3, 0.4) is 0 Å². The number of alkyl halides is 3. The third kappa shape index (κ3) is 4.19. The highest BCUT2D eigenvalue weighted by molar-refractivity contribution is 5.86. The van der Waals surface area contributed by atoms with Gasteiger partial charge in [-0.1, -0.05) is 24.3 Å². The SMILES string of the molecule is CC(C)Oc1cccc2ccc(-c3nnc4ccc(C(N5CCC(O)C5)C(F)(F)F)cn34)nc12. The van der Waals surface area contributed by atoms with Crippen LogP contribution in [0.4, 0.5) is 13.2 Å². The lowest BCUT2D eigenvalue weighted by Gasteiger charge is -2.29. The summed E-state index contributed by atoms with van der Waals surface area (Å²) in [5.41, 5.74) is 1.58. The summed E-state index contributed by atoms with van der Waals surface area (Å²) in [5, 5.41) is 19.0. The summed E-state index contributed by atoms with van der Waals surface area (Å²) in [6.45, 7) is 3.99. The second-order valence-electron chi connectivity index (χ2n) is 8.79. The molecule has 1 aliphatic rings. The molecule has 1 fully saturated rings. The van der Waals surface area contributed by atoms with Gasteiger partial charge in [0.05, 0.1) is 12.2 Å². The Hall–Kier alpha value is -3.24. The predicted octanol–water partition coefficient (Wildman–Crippen LogP) is 4.40. The smallest absolute Gasteiger partial charge is 0.408 e. The summed E-state index contributed by atoms with van der Waals surface area (Å²) in [4.78, 5) is 5.98. The molecule has 1 aromatic carbocycles. The summed E-state index contributed by atoms with van der Waals surface area (Å²) >= 11 is 0. The molecule has 2 unspecified atom stereocenters. The Balaban J connectivity index is 1.60. The van der Waals surface area contributed by atoms with Gasteiger partial charge in [0, 0.05) is 24.7 Å². The van der Waals surface area contributed by atoms with Gasteiger partial charge in [-0.3, -0.25) is 9.30 Å². The van der Waals surface area contributed by atoms with E-state index in [0.29, 0.717) is 34.9 Å². The van der Waals surface area contributed by atoms with Crippen molar-refractivity contribution in [2.24, 2.45) is 0 Å². The normalized spacial score (nSPS) is 18.3. The topological polar surface area (TPSA) is 75.8 Å². The van der Waals surface area contributed by atoms with E-state index >= 15 is 0 Å². The maximum Gasteiger partial charge on any atom is 0.408 e. The second-order valence-corrected chi connectivity index (χ2v) is 8.79. The van der Waals surface area contributed by atoms with Crippen LogP contribution in [0, 0.1) is 0 Å². The number of halogens is 3. The van der Waals surface area contributed by atoms with Crippen LogP contribution in [0.5, 0.6) is 5.75 Å². The molecule has 0 bridgehead atoms. The number of β-amino-alcohol motifs (C(OH)–C–C–N with tert-alkyl or cyclic N) is 1. The van der Waals surface area contributed by atoms with Crippen molar-refractivity contribution in [3.8, 4) is 17.3 Å². The van der Waals surface area contributed by atoms with E-state index in [-0.39, 0.29) is 24.8 Å². The number of benzene rings is 1. The van der Waals surface area contributed by atoms with E-state index in [2.05, 4.69) is 10.2 Å². The average Bonchev–Trinajstić information content (AvgIpc) is 3.38. The maximum atomic E-state index is 14.1. The van der Waals surface area contributed by atoms with Crippen LogP contribution < -0.4 is 4.74 Å². The van der Waals surface area contributed by atoms with E-state index < -0.39 is 18.3 Å². The second kappa shape index (κ2) is 8.52. The van der Waals surface area contributed by atoms with Crippen LogP contribution in [0.2, 0.25) is 0 Å². The van der Waals surface area contributed by atoms with Crippen molar-refractivity contribution in [1.82, 2.24) is 24.5 Å². The fourth-order valence-electron chi connectivity index (χ4n) is 4.45. The molecule has 0 radical (unpaired) electrons. The first-order valence-corrected chi connectivity index (χ1v) is 11.1. The molecule has 0 amide bonds. The first-order chi connectivity index (χ1) is 16.2. The van der Waals surface area contributed by atoms with Gasteiger partial charge >= 0.3 is 6.18 Å². The lowest BCUT2D eigenvalue weighted by Crippen LogP contribution is -2.37. The number of nitrogens with zero attached hydrogens (tertiary/aromatic N) is 5. The number of hydrogen-bond donors (Lipinski definition) is 1. The number of hydrogen-bond acceptors (Lipinski definition) is 6. The van der Waals surface area contributed by atoms with Crippen molar-refractivity contribution >= 4 is 16.6 Å². The Bertz CT molecular complexity index is 1340. The van der Waals surface area contributed by atoms with Crippen LogP contribution in [-0.4, -0.2) is 61.1 Å². The molecule has 1 aliphatic heterocycles. The minimum Gasteiger partial charge on any atom is -0.489 e. The zero-order valence-corrected chi connectivity index (χ0v) is 18.7. The zero-order valence-electron chi connectivity index (χ0n) is 18.7. The van der Waals surface area contributed by atoms with Crippen molar-refractivity contribution in [2.45, 2.75) is 44.7 Å². The van der Waals surface area contributed by atoms with E-state index in [0.717, 1.165) is 5.39 Å². The van der Waals surface area contributed by atoms with Gasteiger partial charge in [-0.05, 0) is 44.0 Å². The molecule has 1 N–H and O–H groups in total. The standard InChI is InChI=1S/C24H24F3N5O2/c1-14(2)34-19-5-3-4-15-6-8-18(28-21(15)19)23-30-29-20-9-7-16(12-32(20)23)22(24(25,26)27)31-11-10-17(33)13-31/h3-9,12,14,17,22,33H,10-11,13H2,1-2H3. The van der Waals surface area contributed by atoms with Gasteiger partial charge in [-0.25, -0.2) is 4.98 Å². The number of aliphatic hydroxyl groups excluding tert-OH is 1. The molecule has 0 aliphatic carbocycles. The number of ether oxygens (including phenoxy) is 1. The zero-order chi connectivity index (χ0) is 24.0. The highest BCUT2D eigenvalue weighted by Gasteiger charge is 2.46. The molecule has 34 heavy (non-hydrogen) atoms. The quantitative estimate of drug-likeness (QED) is 0.465. The van der Waals surface area contributed by atoms with Crippen molar-refractivity contribution in [2.75, 3.05) is 13.1 Å². The van der Waals surface area contributed by atoms with Gasteiger partial charge in [0.2, 0.25) is 0 Å². The molecule has 0 saturated carbocycles. The van der Waals surface area contributed by atoms with Gasteiger partial charge in [0.25, 0.3) is 0 Å². The van der Waals surface area contributed by atoms with Crippen molar-refractivity contribution < 1.29 is 23.0 Å². The van der Waals surface area contributed by atoms with Crippen LogP contribution in [0.25, 0.3) is 28.1 Å². The van der Waals surface area contributed by atoms with Crippen LogP contribution in [-0.2, 0) is 0 Å². The molecule has 178 valence electrons. The highest BCUT2D eigenvalue weighted by atomic mass is 19.4. The van der Waals surface area contributed by atoms with Crippen LogP contribution in [0.1, 0.15) is 31.9 Å². The highest BCUT2D eigenvalue weighted by Crippen LogP contribution is 2.39. The van der Waals surface area contributed by atoms with Crippen molar-refractivity contribution in [1.29, 1.82) is 0 Å². The molecule has 2 atom stereocenters. The molecule has 5 rings (SSSR count). The number of fused-ring (bicyclic) bond motifs is 2. The average molecular weight is 471 g/mol. The van der Waals surface area contributed by atoms with Gasteiger partial charge in [0.15, 0.2) is 11.5 Å². The maximum absolute atomic E-state index is 14.1. The van der Waals surface area contributed by atoms with E-state index in [9.17, 15) is 18.3 Å². The molecular weight excluding hydrogens is 447 g/mol. The first-order valence-electron chi connectivity index (χ1n) is 11.1. The number of rotatable bonds is 5. The van der Waals surface area contributed by atoms with Gasteiger partial charge < -0.3 is 9.84 Å². The molecule has 4 heterocycles. The largest absolute Gasteiger partial charge is 0.489 e. The lowest BCUT2D eigenvalue weighted by molar-refractivity contribution is -0.184. The van der Waals surface area contributed by atoms with E-state index in [1.807, 2.05) is 38.1 Å². The lowest BCUT2D eigenvalue weighted by atomic mass is 10.1. The van der Waals surface area contributed by atoms with Crippen molar-refractivity contribution in [3.63, 3.8) is 0 Å². The summed E-state index contributed by atoms with van der Waals surface area (Å²) in [6, 6.07) is 10.4. The Kier molecular flexibility index (Phi) is 5.65. The molecule has 1 saturated heterocycles. The Labute approximate surface area is 193 Å². The minimum absolute atomic E-state index is 0.0257. The van der Waals surface area contributed by atoms with Crippen LogP contribution >= 0.6 is 0 Å². The third-order valence-electron chi connectivity index (χ3n) is 5.89. The molecular formula is C24H24F3N5O2. The number of likely N-dealkylation sites (tertiary alicyclic amines) is 1. The van der Waals surface area contributed by atoms with E-state index in [1.165, 1.54) is 27.6 Å². The van der Waals surface area contributed by atoms with Gasteiger partial charge in [0.1, 0.15) is 23.0 Å². The summed E-state index contributed by atoms with van der Waals surface area (Å²) in [5.74, 6) is 0.953. The van der Waals surface area contributed by atoms with E-state index in [4.69, 9.17) is 9.72 Å². The molecule has 4 aromatic rings. The number of para-hydroxylation sites is 1. The Morgan fingerprint density at radius 1 is 1.09 bits per heavy atom. The third-order valence-corrected chi connectivity index (χ3v) is 5.89. The van der Waals surface area contributed by atoms with Crippen LogP contribution in [0.15, 0.2) is 48.7 Å². The van der Waals surface area contributed by atoms with Crippen molar-refractivity contribution in [3.05, 3.63) is 54.2 Å². The molecule has 7 nitrogen and oxygen atoms in total. The molecule has 10 heteroatoms. The number of aromatic nitrogens is 4. The fraction of sp³-hybridized carbons (Fsp3) is 0.375. The Morgan fingerprint density at radius 2 is 1.91 bits per heavy atom. The molecule has 3 aromatic heterocycles.